The maximum absolute atomic E-state index is 5.25. The molecule has 0 bridgehead atoms. The molecule has 0 saturated carbocycles. The van der Waals surface area contributed by atoms with Crippen LogP contribution in [-0.2, 0) is 4.74 Å². The van der Waals surface area contributed by atoms with Gasteiger partial charge in [0, 0.05) is 13.5 Å². The fourth-order valence-electron chi connectivity index (χ4n) is 2.03. The van der Waals surface area contributed by atoms with E-state index in [0.717, 1.165) is 6.42 Å². The van der Waals surface area contributed by atoms with E-state index in [2.05, 4.69) is 24.7 Å². The summed E-state index contributed by atoms with van der Waals surface area (Å²) in [5.41, 5.74) is 0. The lowest BCUT2D eigenvalue weighted by atomic mass is 10.1. The van der Waals surface area contributed by atoms with E-state index in [1.165, 1.54) is 64.2 Å². The first-order valence-corrected chi connectivity index (χ1v) is 7.82. The van der Waals surface area contributed by atoms with Crippen molar-refractivity contribution in [1.29, 1.82) is 0 Å². The van der Waals surface area contributed by atoms with E-state index in [4.69, 9.17) is 11.2 Å². The van der Waals surface area contributed by atoms with Crippen molar-refractivity contribution in [2.24, 2.45) is 0 Å². The molecule has 19 heavy (non-hydrogen) atoms. The van der Waals surface area contributed by atoms with Crippen LogP contribution >= 0.6 is 0 Å². The minimum absolute atomic E-state index is 0.330. The van der Waals surface area contributed by atoms with Gasteiger partial charge in [-0.3, -0.25) is 0 Å². The highest BCUT2D eigenvalue weighted by Gasteiger charge is 1.94. The van der Waals surface area contributed by atoms with Crippen LogP contribution in [0.4, 0.5) is 0 Å². The molecule has 0 radical (unpaired) electrons. The SMILES string of the molecule is C#CC(C#CCCCCCCCCCCCC)OC. The number of rotatable bonds is 11. The predicted octanol–water partition coefficient (Wildman–Crippen LogP) is 4.95. The summed E-state index contributed by atoms with van der Waals surface area (Å²) in [7, 11) is 1.60. The zero-order valence-corrected chi connectivity index (χ0v) is 12.8. The van der Waals surface area contributed by atoms with Crippen LogP contribution in [0.25, 0.3) is 0 Å². The van der Waals surface area contributed by atoms with E-state index in [-0.39, 0.29) is 6.10 Å². The molecule has 1 unspecified atom stereocenters. The van der Waals surface area contributed by atoms with Crippen molar-refractivity contribution in [2.75, 3.05) is 7.11 Å². The van der Waals surface area contributed by atoms with Crippen LogP contribution in [0.3, 0.4) is 0 Å². The van der Waals surface area contributed by atoms with Crippen molar-refractivity contribution in [2.45, 2.75) is 83.7 Å². The molecule has 0 aliphatic carbocycles. The summed E-state index contributed by atoms with van der Waals surface area (Å²) in [6.07, 6.45) is 19.4. The Balaban J connectivity index is 3.21. The lowest BCUT2D eigenvalue weighted by Crippen LogP contribution is -2.02. The van der Waals surface area contributed by atoms with Crippen molar-refractivity contribution in [3.8, 4) is 24.2 Å². The quantitative estimate of drug-likeness (QED) is 0.378. The molecule has 0 N–H and O–H groups in total. The third-order valence-corrected chi connectivity index (χ3v) is 3.28. The predicted molar refractivity (Wildman–Crippen MR) is 83.9 cm³/mol. The molecule has 0 saturated heterocycles. The van der Waals surface area contributed by atoms with Crippen molar-refractivity contribution in [1.82, 2.24) is 0 Å². The molecule has 0 heterocycles. The molecule has 0 aliphatic rings. The zero-order valence-electron chi connectivity index (χ0n) is 12.8. The van der Waals surface area contributed by atoms with Gasteiger partial charge >= 0.3 is 0 Å². The first-order valence-electron chi connectivity index (χ1n) is 7.82. The van der Waals surface area contributed by atoms with Gasteiger partial charge in [-0.25, -0.2) is 0 Å². The third kappa shape index (κ3) is 13.3. The summed E-state index contributed by atoms with van der Waals surface area (Å²) in [5.74, 6) is 8.53. The molecule has 1 atom stereocenters. The first-order chi connectivity index (χ1) is 9.35. The van der Waals surface area contributed by atoms with E-state index in [1.54, 1.807) is 7.11 Å². The van der Waals surface area contributed by atoms with Crippen molar-refractivity contribution >= 4 is 0 Å². The Morgan fingerprint density at radius 3 is 1.89 bits per heavy atom. The van der Waals surface area contributed by atoms with E-state index in [0.29, 0.717) is 0 Å². The van der Waals surface area contributed by atoms with E-state index in [1.807, 2.05) is 0 Å². The molecule has 0 fully saturated rings. The highest BCUT2D eigenvalue weighted by atomic mass is 16.5. The average Bonchev–Trinajstić information content (AvgIpc) is 2.44. The summed E-state index contributed by atoms with van der Waals surface area (Å²) in [5, 5.41) is 0. The van der Waals surface area contributed by atoms with Crippen LogP contribution in [0.15, 0.2) is 0 Å². The number of unbranched alkanes of at least 4 members (excludes halogenated alkanes) is 10. The minimum atomic E-state index is -0.330. The Kier molecular flexibility index (Phi) is 14.4. The molecule has 0 aromatic carbocycles. The van der Waals surface area contributed by atoms with E-state index >= 15 is 0 Å². The van der Waals surface area contributed by atoms with Gasteiger partial charge in [0.1, 0.15) is 0 Å². The molecule has 0 aliphatic heterocycles. The van der Waals surface area contributed by atoms with E-state index < -0.39 is 0 Å². The largest absolute Gasteiger partial charge is 0.357 e. The number of hydrogen-bond acceptors (Lipinski definition) is 1. The van der Waals surface area contributed by atoms with Crippen LogP contribution in [0.2, 0.25) is 0 Å². The Hall–Kier alpha value is -0.920. The molecule has 0 rings (SSSR count). The third-order valence-electron chi connectivity index (χ3n) is 3.28. The van der Waals surface area contributed by atoms with Crippen molar-refractivity contribution in [3.63, 3.8) is 0 Å². The number of ether oxygens (including phenoxy) is 1. The second-order valence-electron chi connectivity index (χ2n) is 5.04. The standard InChI is InChI=1S/C18H30O/c1-4-6-7-8-9-10-11-12-13-14-15-16-17-18(5-2)19-3/h2,18H,4,6-15H2,1,3H3. The van der Waals surface area contributed by atoms with Gasteiger partial charge in [-0.05, 0) is 6.42 Å². The molecule has 0 aromatic rings. The Bertz CT molecular complexity index is 276. The monoisotopic (exact) mass is 262 g/mol. The van der Waals surface area contributed by atoms with Gasteiger partial charge in [-0.15, -0.1) is 6.42 Å². The van der Waals surface area contributed by atoms with Gasteiger partial charge < -0.3 is 4.74 Å². The van der Waals surface area contributed by atoms with Gasteiger partial charge in [0.2, 0.25) is 0 Å². The van der Waals surface area contributed by atoms with E-state index in [9.17, 15) is 0 Å². The molecule has 0 spiro atoms. The molecule has 1 nitrogen and oxygen atoms in total. The van der Waals surface area contributed by atoms with Gasteiger partial charge in [0.15, 0.2) is 6.10 Å². The molecule has 108 valence electrons. The second kappa shape index (κ2) is 15.1. The summed E-state index contributed by atoms with van der Waals surface area (Å²) in [6, 6.07) is 0. The topological polar surface area (TPSA) is 9.23 Å². The maximum atomic E-state index is 5.25. The van der Waals surface area contributed by atoms with Crippen LogP contribution in [-0.4, -0.2) is 13.2 Å². The van der Waals surface area contributed by atoms with Crippen molar-refractivity contribution in [3.05, 3.63) is 0 Å². The van der Waals surface area contributed by atoms with Gasteiger partial charge in [0.25, 0.3) is 0 Å². The molecule has 1 heteroatoms. The summed E-state index contributed by atoms with van der Waals surface area (Å²) < 4.78 is 4.99. The summed E-state index contributed by atoms with van der Waals surface area (Å²) in [4.78, 5) is 0. The fraction of sp³-hybridized carbons (Fsp3) is 0.778. The Morgan fingerprint density at radius 2 is 1.42 bits per heavy atom. The molecule has 0 aromatic heterocycles. The van der Waals surface area contributed by atoms with Gasteiger partial charge in [-0.1, -0.05) is 82.5 Å². The van der Waals surface area contributed by atoms with Crippen LogP contribution in [0.1, 0.15) is 77.6 Å². The Labute approximate surface area is 120 Å². The van der Waals surface area contributed by atoms with Gasteiger partial charge in [-0.2, -0.15) is 0 Å². The molecular formula is C18H30O. The smallest absolute Gasteiger partial charge is 0.178 e. The number of hydrogen-bond donors (Lipinski definition) is 0. The molecular weight excluding hydrogens is 232 g/mol. The minimum Gasteiger partial charge on any atom is -0.357 e. The van der Waals surface area contributed by atoms with Crippen molar-refractivity contribution < 1.29 is 4.74 Å². The highest BCUT2D eigenvalue weighted by molar-refractivity contribution is 5.16. The van der Waals surface area contributed by atoms with Crippen LogP contribution in [0.5, 0.6) is 0 Å². The highest BCUT2D eigenvalue weighted by Crippen LogP contribution is 2.10. The second-order valence-corrected chi connectivity index (χ2v) is 5.04. The lowest BCUT2D eigenvalue weighted by Gasteiger charge is -2.01. The zero-order chi connectivity index (χ0) is 14.2. The maximum Gasteiger partial charge on any atom is 0.178 e. The number of terminal acetylenes is 1. The summed E-state index contributed by atoms with van der Waals surface area (Å²) in [6.45, 7) is 2.27. The summed E-state index contributed by atoms with van der Waals surface area (Å²) >= 11 is 0. The first kappa shape index (κ1) is 18.1. The lowest BCUT2D eigenvalue weighted by molar-refractivity contribution is 0.191. The Morgan fingerprint density at radius 1 is 0.895 bits per heavy atom. The normalized spacial score (nSPS) is 11.4. The fourth-order valence-corrected chi connectivity index (χ4v) is 2.03. The molecule has 0 amide bonds. The average molecular weight is 262 g/mol. The van der Waals surface area contributed by atoms with Crippen LogP contribution in [0, 0.1) is 24.2 Å². The van der Waals surface area contributed by atoms with Crippen LogP contribution < -0.4 is 0 Å². The number of methoxy groups -OCH3 is 1. The van der Waals surface area contributed by atoms with Gasteiger partial charge in [0.05, 0.1) is 0 Å².